The Balaban J connectivity index is 1.90. The Hall–Kier alpha value is -2.06. The normalized spacial score (nSPS) is 15.4. The van der Waals surface area contributed by atoms with Crippen molar-refractivity contribution in [1.82, 2.24) is 5.32 Å². The van der Waals surface area contributed by atoms with E-state index < -0.39 is 0 Å². The molecule has 5 heteroatoms. The van der Waals surface area contributed by atoms with Crippen LogP contribution < -0.4 is 10.6 Å². The maximum absolute atomic E-state index is 11.8. The van der Waals surface area contributed by atoms with Crippen LogP contribution in [0.4, 0.5) is 10.5 Å². The zero-order valence-electron chi connectivity index (χ0n) is 10.6. The van der Waals surface area contributed by atoms with Gasteiger partial charge in [0.1, 0.15) is 0 Å². The Morgan fingerprint density at radius 3 is 2.95 bits per heavy atom. The largest absolute Gasteiger partial charge is 0.396 e. The first-order chi connectivity index (χ1) is 9.22. The molecule has 1 aliphatic carbocycles. The number of anilines is 1. The lowest BCUT2D eigenvalue weighted by atomic mass is 10.1. The van der Waals surface area contributed by atoms with Crippen LogP contribution in [0.15, 0.2) is 24.3 Å². The van der Waals surface area contributed by atoms with Gasteiger partial charge < -0.3 is 15.7 Å². The predicted molar refractivity (Wildman–Crippen MR) is 71.5 cm³/mol. The van der Waals surface area contributed by atoms with Crippen molar-refractivity contribution in [2.45, 2.75) is 25.3 Å². The molecule has 0 aromatic heterocycles. The fourth-order valence-corrected chi connectivity index (χ4v) is 2.07. The van der Waals surface area contributed by atoms with Gasteiger partial charge >= 0.3 is 6.03 Å². The Labute approximate surface area is 112 Å². The van der Waals surface area contributed by atoms with E-state index in [9.17, 15) is 4.79 Å². The molecule has 1 fully saturated rings. The van der Waals surface area contributed by atoms with Crippen molar-refractivity contribution in [1.29, 1.82) is 5.26 Å². The summed E-state index contributed by atoms with van der Waals surface area (Å²) in [6, 6.07) is 8.53. The highest BCUT2D eigenvalue weighted by atomic mass is 16.3. The Bertz CT molecular complexity index is 492. The smallest absolute Gasteiger partial charge is 0.319 e. The number of carbonyl (C=O) groups excluding carboxylic acids is 1. The van der Waals surface area contributed by atoms with Crippen molar-refractivity contribution in [3.63, 3.8) is 0 Å². The number of aliphatic hydroxyl groups excluding tert-OH is 1. The van der Waals surface area contributed by atoms with Crippen LogP contribution in [0.1, 0.15) is 24.8 Å². The van der Waals surface area contributed by atoms with Crippen LogP contribution in [-0.4, -0.2) is 23.8 Å². The van der Waals surface area contributed by atoms with Crippen molar-refractivity contribution in [3.05, 3.63) is 29.8 Å². The van der Waals surface area contributed by atoms with Crippen LogP contribution >= 0.6 is 0 Å². The minimum absolute atomic E-state index is 0.0316. The van der Waals surface area contributed by atoms with Crippen molar-refractivity contribution < 1.29 is 9.90 Å². The fourth-order valence-electron chi connectivity index (χ4n) is 2.07. The number of hydrogen-bond donors (Lipinski definition) is 3. The second kappa shape index (κ2) is 6.21. The molecule has 0 aliphatic heterocycles. The molecule has 3 N–H and O–H groups in total. The molecule has 1 atom stereocenters. The third kappa shape index (κ3) is 3.97. The van der Waals surface area contributed by atoms with E-state index in [0.717, 1.165) is 12.8 Å². The molecular weight excluding hydrogens is 242 g/mol. The Morgan fingerprint density at radius 2 is 2.32 bits per heavy atom. The van der Waals surface area contributed by atoms with Gasteiger partial charge in [-0.25, -0.2) is 4.79 Å². The van der Waals surface area contributed by atoms with Crippen LogP contribution in [0.25, 0.3) is 0 Å². The Kier molecular flexibility index (Phi) is 4.37. The average Bonchev–Trinajstić information content (AvgIpc) is 3.22. The molecule has 2 rings (SSSR count). The van der Waals surface area contributed by atoms with Gasteiger partial charge in [0.2, 0.25) is 0 Å². The van der Waals surface area contributed by atoms with Gasteiger partial charge in [0, 0.05) is 18.3 Å². The maximum Gasteiger partial charge on any atom is 0.319 e. The van der Waals surface area contributed by atoms with E-state index in [-0.39, 0.29) is 18.7 Å². The molecule has 0 radical (unpaired) electrons. The van der Waals surface area contributed by atoms with Gasteiger partial charge in [-0.1, -0.05) is 6.07 Å². The summed E-state index contributed by atoms with van der Waals surface area (Å²) in [5.41, 5.74) is 1.10. The highest BCUT2D eigenvalue weighted by Gasteiger charge is 2.31. The van der Waals surface area contributed by atoms with E-state index in [2.05, 4.69) is 10.6 Å². The minimum atomic E-state index is -0.291. The lowest BCUT2D eigenvalue weighted by Crippen LogP contribution is -2.39. The lowest BCUT2D eigenvalue weighted by Gasteiger charge is -2.17. The van der Waals surface area contributed by atoms with E-state index in [1.807, 2.05) is 6.07 Å². The summed E-state index contributed by atoms with van der Waals surface area (Å²) in [6.45, 7) is 0.0748. The first-order valence-electron chi connectivity index (χ1n) is 6.41. The van der Waals surface area contributed by atoms with Crippen LogP contribution in [0.3, 0.4) is 0 Å². The molecule has 1 aromatic rings. The summed E-state index contributed by atoms with van der Waals surface area (Å²) in [5, 5.41) is 23.3. The molecular formula is C14H17N3O2. The number of urea groups is 1. The SMILES string of the molecule is N#Cc1cccc(NC(=O)N[C@@H](CCO)C2CC2)c1. The van der Waals surface area contributed by atoms with E-state index >= 15 is 0 Å². The summed E-state index contributed by atoms with van der Waals surface area (Å²) in [6.07, 6.45) is 2.79. The quantitative estimate of drug-likeness (QED) is 0.754. The molecule has 0 saturated heterocycles. The number of aliphatic hydroxyl groups is 1. The van der Waals surface area contributed by atoms with Crippen LogP contribution in [0.5, 0.6) is 0 Å². The molecule has 0 bridgehead atoms. The second-order valence-corrected chi connectivity index (χ2v) is 4.75. The molecule has 1 aliphatic rings. The zero-order valence-corrected chi connectivity index (χ0v) is 10.6. The number of nitrogens with zero attached hydrogens (tertiary/aromatic N) is 1. The van der Waals surface area contributed by atoms with Crippen LogP contribution in [-0.2, 0) is 0 Å². The number of nitrogens with one attached hydrogen (secondary N) is 2. The van der Waals surface area contributed by atoms with Gasteiger partial charge in [-0.3, -0.25) is 0 Å². The molecule has 1 saturated carbocycles. The summed E-state index contributed by atoms with van der Waals surface area (Å²) >= 11 is 0. The number of carbonyl (C=O) groups is 1. The summed E-state index contributed by atoms with van der Waals surface area (Å²) in [7, 11) is 0. The standard InChI is InChI=1S/C14H17N3O2/c15-9-10-2-1-3-12(8-10)16-14(19)17-13(6-7-18)11-4-5-11/h1-3,8,11,13,18H,4-7H2,(H2,16,17,19)/t13-/m0/s1. The van der Waals surface area contributed by atoms with Crippen molar-refractivity contribution in [2.24, 2.45) is 5.92 Å². The van der Waals surface area contributed by atoms with Crippen LogP contribution in [0.2, 0.25) is 0 Å². The number of amides is 2. The minimum Gasteiger partial charge on any atom is -0.396 e. The van der Waals surface area contributed by atoms with E-state index in [0.29, 0.717) is 23.6 Å². The van der Waals surface area contributed by atoms with Gasteiger partial charge in [-0.2, -0.15) is 5.26 Å². The molecule has 0 unspecified atom stereocenters. The summed E-state index contributed by atoms with van der Waals surface area (Å²) in [4.78, 5) is 11.8. The average molecular weight is 259 g/mol. The van der Waals surface area contributed by atoms with E-state index in [4.69, 9.17) is 10.4 Å². The predicted octanol–water partition coefficient (Wildman–Crippen LogP) is 1.84. The summed E-state index contributed by atoms with van der Waals surface area (Å²) in [5.74, 6) is 0.489. The van der Waals surface area contributed by atoms with Crippen LogP contribution in [0, 0.1) is 17.2 Å². The first-order valence-corrected chi connectivity index (χ1v) is 6.41. The first kappa shape index (κ1) is 13.4. The van der Waals surface area contributed by atoms with Crippen molar-refractivity contribution >= 4 is 11.7 Å². The van der Waals surface area contributed by atoms with Crippen molar-refractivity contribution in [2.75, 3.05) is 11.9 Å². The lowest BCUT2D eigenvalue weighted by molar-refractivity contribution is 0.234. The fraction of sp³-hybridized carbons (Fsp3) is 0.429. The van der Waals surface area contributed by atoms with Gasteiger partial charge in [-0.15, -0.1) is 0 Å². The van der Waals surface area contributed by atoms with Gasteiger partial charge in [0.25, 0.3) is 0 Å². The maximum atomic E-state index is 11.8. The highest BCUT2D eigenvalue weighted by molar-refractivity contribution is 5.89. The number of nitriles is 1. The number of rotatable bonds is 5. The summed E-state index contributed by atoms with van der Waals surface area (Å²) < 4.78 is 0. The molecule has 2 amide bonds. The van der Waals surface area contributed by atoms with Gasteiger partial charge in [-0.05, 0) is 43.4 Å². The van der Waals surface area contributed by atoms with E-state index in [1.165, 1.54) is 0 Å². The monoisotopic (exact) mass is 259 g/mol. The van der Waals surface area contributed by atoms with Gasteiger partial charge in [0.15, 0.2) is 0 Å². The molecule has 0 heterocycles. The van der Waals surface area contributed by atoms with Gasteiger partial charge in [0.05, 0.1) is 11.6 Å². The van der Waals surface area contributed by atoms with E-state index in [1.54, 1.807) is 24.3 Å². The molecule has 5 nitrogen and oxygen atoms in total. The second-order valence-electron chi connectivity index (χ2n) is 4.75. The topological polar surface area (TPSA) is 85.2 Å². The number of hydrogen-bond acceptors (Lipinski definition) is 3. The molecule has 100 valence electrons. The molecule has 19 heavy (non-hydrogen) atoms. The molecule has 0 spiro atoms. The Morgan fingerprint density at radius 1 is 1.53 bits per heavy atom. The highest BCUT2D eigenvalue weighted by Crippen LogP contribution is 2.33. The number of benzene rings is 1. The third-order valence-electron chi connectivity index (χ3n) is 3.20. The molecule has 1 aromatic carbocycles. The third-order valence-corrected chi connectivity index (χ3v) is 3.20. The zero-order chi connectivity index (χ0) is 13.7. The van der Waals surface area contributed by atoms with Crippen molar-refractivity contribution in [3.8, 4) is 6.07 Å².